The Bertz CT molecular complexity index is 3520. The quantitative estimate of drug-likeness (QED) is 0.145. The Morgan fingerprint density at radius 1 is 0.296 bits per heavy atom. The van der Waals surface area contributed by atoms with Crippen LogP contribution >= 0.6 is 0 Å². The molecular formula is C63H40F3N5. The fourth-order valence-electron chi connectivity index (χ4n) is 9.43. The van der Waals surface area contributed by atoms with Gasteiger partial charge in [-0.1, -0.05) is 194 Å². The molecule has 0 fully saturated rings. The third-order valence-electron chi connectivity index (χ3n) is 12.8. The molecule has 0 saturated carbocycles. The molecule has 0 aliphatic heterocycles. The van der Waals surface area contributed by atoms with Crippen molar-refractivity contribution in [2.45, 2.75) is 6.18 Å². The average Bonchev–Trinajstić information content (AvgIpc) is 3.76. The Balaban J connectivity index is 1.25. The Kier molecular flexibility index (Phi) is 10.9. The van der Waals surface area contributed by atoms with Gasteiger partial charge in [-0.15, -0.1) is 0 Å². The number of alkyl halides is 3. The van der Waals surface area contributed by atoms with Crippen molar-refractivity contribution in [1.29, 1.82) is 0 Å². The molecule has 0 atom stereocenters. The normalized spacial score (nSPS) is 11.6. The number of nitrogens with zero attached hydrogens (tertiary/aromatic N) is 5. The average molecular weight is 924 g/mol. The molecule has 0 amide bonds. The van der Waals surface area contributed by atoms with Gasteiger partial charge in [-0.05, 0) is 70.8 Å². The molecule has 3 heterocycles. The van der Waals surface area contributed by atoms with E-state index in [2.05, 4.69) is 65.2 Å². The summed E-state index contributed by atoms with van der Waals surface area (Å²) in [5, 5.41) is 1.84. The molecule has 0 radical (unpaired) electrons. The summed E-state index contributed by atoms with van der Waals surface area (Å²) in [6, 6.07) is 77.4. The van der Waals surface area contributed by atoms with Gasteiger partial charge in [0.25, 0.3) is 0 Å². The van der Waals surface area contributed by atoms with Crippen molar-refractivity contribution in [1.82, 2.24) is 24.5 Å². The predicted molar refractivity (Wildman–Crippen MR) is 280 cm³/mol. The lowest BCUT2D eigenvalue weighted by Crippen LogP contribution is -2.10. The van der Waals surface area contributed by atoms with Crippen LogP contribution in [0.3, 0.4) is 0 Å². The molecule has 12 rings (SSSR count). The first-order valence-corrected chi connectivity index (χ1v) is 23.3. The molecule has 0 unspecified atom stereocenters. The third-order valence-corrected chi connectivity index (χ3v) is 12.8. The summed E-state index contributed by atoms with van der Waals surface area (Å²) < 4.78 is 49.7. The predicted octanol–water partition coefficient (Wildman–Crippen LogP) is 16.7. The van der Waals surface area contributed by atoms with Gasteiger partial charge in [0.15, 0.2) is 11.6 Å². The van der Waals surface area contributed by atoms with E-state index in [0.29, 0.717) is 40.1 Å². The highest BCUT2D eigenvalue weighted by Crippen LogP contribution is 2.47. The summed E-state index contributed by atoms with van der Waals surface area (Å²) in [5.74, 6) is 0.739. The van der Waals surface area contributed by atoms with E-state index in [0.717, 1.165) is 66.3 Å². The Morgan fingerprint density at radius 3 is 0.972 bits per heavy atom. The van der Waals surface area contributed by atoms with Crippen molar-refractivity contribution >= 4 is 21.8 Å². The number of aromatic nitrogens is 5. The summed E-state index contributed by atoms with van der Waals surface area (Å²) in [6.45, 7) is 0. The molecule has 8 heteroatoms. The van der Waals surface area contributed by atoms with Gasteiger partial charge in [-0.2, -0.15) is 13.2 Å². The van der Waals surface area contributed by atoms with Crippen LogP contribution in [0.4, 0.5) is 13.2 Å². The molecule has 0 spiro atoms. The number of fused-ring (bicyclic) bond motifs is 3. The first kappa shape index (κ1) is 43.0. The van der Waals surface area contributed by atoms with Crippen molar-refractivity contribution in [3.05, 3.63) is 248 Å². The first-order chi connectivity index (χ1) is 34.8. The minimum atomic E-state index is -4.77. The molecule has 0 aliphatic rings. The zero-order valence-electron chi connectivity index (χ0n) is 38.0. The molecular weight excluding hydrogens is 884 g/mol. The summed E-state index contributed by atoms with van der Waals surface area (Å²) >= 11 is 0. The fraction of sp³-hybridized carbons (Fsp3) is 0.0159. The van der Waals surface area contributed by atoms with E-state index in [1.54, 1.807) is 12.1 Å². The van der Waals surface area contributed by atoms with E-state index in [9.17, 15) is 0 Å². The lowest BCUT2D eigenvalue weighted by Gasteiger charge is -2.22. The minimum Gasteiger partial charge on any atom is -0.308 e. The molecule has 0 saturated heterocycles. The van der Waals surface area contributed by atoms with Gasteiger partial charge in [0.1, 0.15) is 0 Å². The standard InChI is InChI=1S/C63H40F3N5/c64-63(65,66)49-37-52(56-39-54(43-23-11-3-12-24-43)67-61(69-56)45-27-15-5-16-28-45)60(53(38-49)57-40-55(44-25-13-4-14-26-44)68-62(70-57)46-29-17-6-18-30-46)71-58-33-31-47(41-19-7-1-8-20-41)35-50(58)51-36-48(32-34-59(51)71)42-21-9-2-10-22-42/h1-40H. The van der Waals surface area contributed by atoms with Crippen molar-refractivity contribution in [3.8, 4) is 95.7 Å². The van der Waals surface area contributed by atoms with Crippen LogP contribution in [-0.2, 0) is 6.18 Å². The Hall–Kier alpha value is -9.27. The van der Waals surface area contributed by atoms with Crippen LogP contribution in [0.25, 0.3) is 118 Å². The molecule has 338 valence electrons. The maximum absolute atomic E-state index is 15.9. The largest absolute Gasteiger partial charge is 0.416 e. The Morgan fingerprint density at radius 2 is 0.620 bits per heavy atom. The number of hydrogen-bond acceptors (Lipinski definition) is 4. The first-order valence-electron chi connectivity index (χ1n) is 23.3. The topological polar surface area (TPSA) is 56.5 Å². The van der Waals surface area contributed by atoms with E-state index >= 15 is 13.2 Å². The van der Waals surface area contributed by atoms with Gasteiger partial charge in [-0.3, -0.25) is 0 Å². The summed E-state index contributed by atoms with van der Waals surface area (Å²) in [5.41, 5.74) is 10.5. The number of halogens is 3. The second kappa shape index (κ2) is 18.0. The molecule has 0 bridgehead atoms. The van der Waals surface area contributed by atoms with Crippen LogP contribution in [0.1, 0.15) is 5.56 Å². The molecule has 71 heavy (non-hydrogen) atoms. The highest BCUT2D eigenvalue weighted by atomic mass is 19.4. The fourth-order valence-corrected chi connectivity index (χ4v) is 9.43. The van der Waals surface area contributed by atoms with Crippen molar-refractivity contribution in [2.75, 3.05) is 0 Å². The van der Waals surface area contributed by atoms with Crippen molar-refractivity contribution in [3.63, 3.8) is 0 Å². The van der Waals surface area contributed by atoms with E-state index in [4.69, 9.17) is 19.9 Å². The van der Waals surface area contributed by atoms with Crippen LogP contribution in [0.2, 0.25) is 0 Å². The highest BCUT2D eigenvalue weighted by molar-refractivity contribution is 6.13. The molecule has 12 aromatic rings. The number of benzene rings is 9. The molecule has 3 aromatic heterocycles. The van der Waals surface area contributed by atoms with E-state index < -0.39 is 11.7 Å². The maximum atomic E-state index is 15.9. The number of rotatable bonds is 9. The van der Waals surface area contributed by atoms with Crippen LogP contribution in [0.15, 0.2) is 243 Å². The van der Waals surface area contributed by atoms with E-state index in [1.165, 1.54) is 12.1 Å². The lowest BCUT2D eigenvalue weighted by molar-refractivity contribution is -0.137. The Labute approximate surface area is 407 Å². The lowest BCUT2D eigenvalue weighted by atomic mass is 9.95. The van der Waals surface area contributed by atoms with Crippen LogP contribution in [0.5, 0.6) is 0 Å². The van der Waals surface area contributed by atoms with Crippen molar-refractivity contribution in [2.24, 2.45) is 0 Å². The van der Waals surface area contributed by atoms with Gasteiger partial charge >= 0.3 is 6.18 Å². The smallest absolute Gasteiger partial charge is 0.308 e. The van der Waals surface area contributed by atoms with Crippen LogP contribution in [0, 0.1) is 0 Å². The van der Waals surface area contributed by atoms with Gasteiger partial charge in [0.2, 0.25) is 0 Å². The van der Waals surface area contributed by atoms with Gasteiger partial charge in [0.05, 0.1) is 45.1 Å². The molecule has 0 N–H and O–H groups in total. The molecule has 0 aliphatic carbocycles. The van der Waals surface area contributed by atoms with Crippen LogP contribution in [-0.4, -0.2) is 24.5 Å². The minimum absolute atomic E-state index is 0.241. The van der Waals surface area contributed by atoms with Crippen LogP contribution < -0.4 is 0 Å². The van der Waals surface area contributed by atoms with E-state index in [1.807, 2.05) is 158 Å². The van der Waals surface area contributed by atoms with Gasteiger partial charge < -0.3 is 4.57 Å². The molecule has 5 nitrogen and oxygen atoms in total. The SMILES string of the molecule is FC(F)(F)c1cc(-c2cc(-c3ccccc3)nc(-c3ccccc3)n2)c(-n2c3ccc(-c4ccccc4)cc3c3cc(-c4ccccc4)ccc32)c(-c2cc(-c3ccccc3)nc(-c3ccccc3)n2)c1. The second-order valence-corrected chi connectivity index (χ2v) is 17.3. The third kappa shape index (κ3) is 8.31. The summed E-state index contributed by atoms with van der Waals surface area (Å²) in [7, 11) is 0. The summed E-state index contributed by atoms with van der Waals surface area (Å²) in [4.78, 5) is 20.5. The number of hydrogen-bond donors (Lipinski definition) is 0. The van der Waals surface area contributed by atoms with Crippen molar-refractivity contribution < 1.29 is 13.2 Å². The maximum Gasteiger partial charge on any atom is 0.416 e. The highest BCUT2D eigenvalue weighted by Gasteiger charge is 2.35. The second-order valence-electron chi connectivity index (χ2n) is 17.3. The van der Waals surface area contributed by atoms with E-state index in [-0.39, 0.29) is 11.1 Å². The zero-order valence-corrected chi connectivity index (χ0v) is 38.0. The van der Waals surface area contributed by atoms with Gasteiger partial charge in [0, 0.05) is 44.2 Å². The monoisotopic (exact) mass is 923 g/mol. The molecule has 9 aromatic carbocycles. The zero-order chi connectivity index (χ0) is 47.9. The van der Waals surface area contributed by atoms with Gasteiger partial charge in [-0.25, -0.2) is 19.9 Å². The summed E-state index contributed by atoms with van der Waals surface area (Å²) in [6.07, 6.45) is -4.77.